The van der Waals surface area contributed by atoms with Gasteiger partial charge in [-0.2, -0.15) is 0 Å². The molecular weight excluding hydrogens is 526 g/mol. The number of nitrogens with one attached hydrogen (secondary N) is 1. The summed E-state index contributed by atoms with van der Waals surface area (Å²) in [5, 5.41) is 52.7. The zero-order valence-electron chi connectivity index (χ0n) is 25.8. The SMILES string of the molecule is CCCCCCCCCCCCCCCCCC/C=C/C(O)C(COC1OC(CO)C(O)C(O)C1O)NC(=O)CC. The van der Waals surface area contributed by atoms with Crippen LogP contribution in [0.3, 0.4) is 0 Å². The van der Waals surface area contributed by atoms with Crippen molar-refractivity contribution >= 4 is 5.91 Å². The standard InChI is InChI=1S/C32H61NO8/c1-3-5-6-7-8-9-10-11-12-13-14-15-16-17-18-19-20-21-22-26(35)25(33-28(36)4-2)24-40-32-31(39)30(38)29(37)27(23-34)41-32/h21-22,25-27,29-32,34-35,37-39H,3-20,23-24H2,1-2H3,(H,33,36)/b22-21+. The summed E-state index contributed by atoms with van der Waals surface area (Å²) in [6.45, 7) is 3.20. The minimum atomic E-state index is -1.56. The molecule has 41 heavy (non-hydrogen) atoms. The van der Waals surface area contributed by atoms with E-state index < -0.39 is 49.5 Å². The number of amides is 1. The Bertz CT molecular complexity index is 662. The van der Waals surface area contributed by atoms with Gasteiger partial charge in [-0.1, -0.05) is 122 Å². The van der Waals surface area contributed by atoms with E-state index in [1.807, 2.05) is 6.08 Å². The highest BCUT2D eigenvalue weighted by molar-refractivity contribution is 5.75. The molecule has 0 saturated carbocycles. The normalized spacial score (nSPS) is 24.5. The molecular formula is C32H61NO8. The molecule has 9 heteroatoms. The molecule has 1 amide bonds. The van der Waals surface area contributed by atoms with Gasteiger partial charge in [-0.15, -0.1) is 0 Å². The number of hydrogen-bond donors (Lipinski definition) is 6. The Kier molecular flexibility index (Phi) is 22.6. The largest absolute Gasteiger partial charge is 0.394 e. The van der Waals surface area contributed by atoms with Crippen molar-refractivity contribution in [3.8, 4) is 0 Å². The molecule has 242 valence electrons. The van der Waals surface area contributed by atoms with Gasteiger partial charge in [0.2, 0.25) is 5.91 Å². The Hall–Kier alpha value is -1.07. The molecule has 0 radical (unpaired) electrons. The summed E-state index contributed by atoms with van der Waals surface area (Å²) >= 11 is 0. The summed E-state index contributed by atoms with van der Waals surface area (Å²) in [5.74, 6) is -0.266. The maximum atomic E-state index is 12.0. The van der Waals surface area contributed by atoms with Crippen molar-refractivity contribution in [2.24, 2.45) is 0 Å². The number of carbonyl (C=O) groups excluding carboxylic acids is 1. The molecule has 7 unspecified atom stereocenters. The third kappa shape index (κ3) is 17.0. The molecule has 1 aliphatic heterocycles. The predicted molar refractivity (Wildman–Crippen MR) is 161 cm³/mol. The van der Waals surface area contributed by atoms with Crippen molar-refractivity contribution in [3.05, 3.63) is 12.2 Å². The molecule has 0 aromatic heterocycles. The van der Waals surface area contributed by atoms with Crippen LogP contribution in [-0.2, 0) is 14.3 Å². The van der Waals surface area contributed by atoms with Crippen LogP contribution in [0.5, 0.6) is 0 Å². The van der Waals surface area contributed by atoms with Gasteiger partial charge < -0.3 is 40.3 Å². The lowest BCUT2D eigenvalue weighted by atomic mass is 9.99. The van der Waals surface area contributed by atoms with Crippen molar-refractivity contribution in [3.63, 3.8) is 0 Å². The first kappa shape index (κ1) is 38.0. The zero-order chi connectivity index (χ0) is 30.3. The predicted octanol–water partition coefficient (Wildman–Crippen LogP) is 4.27. The molecule has 6 N–H and O–H groups in total. The summed E-state index contributed by atoms with van der Waals surface area (Å²) in [4.78, 5) is 12.0. The maximum Gasteiger partial charge on any atom is 0.220 e. The minimum Gasteiger partial charge on any atom is -0.394 e. The second kappa shape index (κ2) is 24.4. The van der Waals surface area contributed by atoms with E-state index in [2.05, 4.69) is 12.2 Å². The fourth-order valence-electron chi connectivity index (χ4n) is 5.12. The number of rotatable bonds is 25. The van der Waals surface area contributed by atoms with Crippen LogP contribution in [0.2, 0.25) is 0 Å². The van der Waals surface area contributed by atoms with Crippen LogP contribution in [0.25, 0.3) is 0 Å². The Labute approximate surface area is 248 Å². The van der Waals surface area contributed by atoms with Gasteiger partial charge in [0.25, 0.3) is 0 Å². The lowest BCUT2D eigenvalue weighted by Crippen LogP contribution is -2.60. The summed E-state index contributed by atoms with van der Waals surface area (Å²) in [6, 6.07) is -0.795. The lowest BCUT2D eigenvalue weighted by Gasteiger charge is -2.40. The average Bonchev–Trinajstić information content (AvgIpc) is 2.97. The van der Waals surface area contributed by atoms with Crippen LogP contribution in [0.1, 0.15) is 129 Å². The van der Waals surface area contributed by atoms with Gasteiger partial charge in [0, 0.05) is 6.42 Å². The molecule has 9 nitrogen and oxygen atoms in total. The summed E-state index contributed by atoms with van der Waals surface area (Å²) in [7, 11) is 0. The Morgan fingerprint density at radius 1 is 0.805 bits per heavy atom. The quantitative estimate of drug-likeness (QED) is 0.0685. The third-order valence-corrected chi connectivity index (χ3v) is 7.93. The van der Waals surface area contributed by atoms with Gasteiger partial charge in [0.1, 0.15) is 24.4 Å². The Balaban J connectivity index is 2.20. The fourth-order valence-corrected chi connectivity index (χ4v) is 5.12. The van der Waals surface area contributed by atoms with Crippen molar-refractivity contribution in [1.82, 2.24) is 5.32 Å². The second-order valence-electron chi connectivity index (χ2n) is 11.6. The zero-order valence-corrected chi connectivity index (χ0v) is 25.8. The van der Waals surface area contributed by atoms with Gasteiger partial charge in [0.05, 0.1) is 25.4 Å². The van der Waals surface area contributed by atoms with Crippen LogP contribution in [0.15, 0.2) is 12.2 Å². The number of hydrogen-bond acceptors (Lipinski definition) is 8. The van der Waals surface area contributed by atoms with Gasteiger partial charge in [-0.25, -0.2) is 0 Å². The van der Waals surface area contributed by atoms with Crippen molar-refractivity contribution in [2.75, 3.05) is 13.2 Å². The number of ether oxygens (including phenoxy) is 2. The molecule has 1 aliphatic rings. The van der Waals surface area contributed by atoms with Gasteiger partial charge >= 0.3 is 0 Å². The van der Waals surface area contributed by atoms with Crippen LogP contribution in [-0.4, -0.2) is 87.5 Å². The first-order valence-electron chi connectivity index (χ1n) is 16.4. The van der Waals surface area contributed by atoms with E-state index in [1.54, 1.807) is 13.0 Å². The summed E-state index contributed by atoms with van der Waals surface area (Å²) in [5.41, 5.74) is 0. The van der Waals surface area contributed by atoms with Crippen LogP contribution in [0, 0.1) is 0 Å². The molecule has 1 heterocycles. The van der Waals surface area contributed by atoms with E-state index in [0.29, 0.717) is 0 Å². The first-order chi connectivity index (χ1) is 19.8. The molecule has 0 aromatic carbocycles. The molecule has 7 atom stereocenters. The van der Waals surface area contributed by atoms with Gasteiger partial charge in [-0.05, 0) is 12.8 Å². The third-order valence-electron chi connectivity index (χ3n) is 7.93. The van der Waals surface area contributed by atoms with Gasteiger partial charge in [0.15, 0.2) is 6.29 Å². The number of allylic oxidation sites excluding steroid dienone is 1. The van der Waals surface area contributed by atoms with Crippen molar-refractivity contribution < 1.29 is 39.8 Å². The molecule has 0 spiro atoms. The topological polar surface area (TPSA) is 149 Å². The monoisotopic (exact) mass is 587 g/mol. The molecule has 0 bridgehead atoms. The Morgan fingerprint density at radius 2 is 1.32 bits per heavy atom. The van der Waals surface area contributed by atoms with Crippen LogP contribution in [0.4, 0.5) is 0 Å². The maximum absolute atomic E-state index is 12.0. The first-order valence-corrected chi connectivity index (χ1v) is 16.4. The fraction of sp³-hybridized carbons (Fsp3) is 0.906. The molecule has 1 fully saturated rings. The molecule has 1 saturated heterocycles. The summed E-state index contributed by atoms with van der Waals surface area (Å²) in [6.07, 6.45) is 17.7. The number of unbranched alkanes of at least 4 members (excludes halogenated alkanes) is 16. The minimum absolute atomic E-state index is 0.195. The second-order valence-corrected chi connectivity index (χ2v) is 11.6. The highest BCUT2D eigenvalue weighted by Gasteiger charge is 2.44. The average molecular weight is 588 g/mol. The van der Waals surface area contributed by atoms with E-state index in [0.717, 1.165) is 19.3 Å². The van der Waals surface area contributed by atoms with E-state index in [4.69, 9.17) is 9.47 Å². The molecule has 1 rings (SSSR count). The highest BCUT2D eigenvalue weighted by atomic mass is 16.7. The molecule has 0 aromatic rings. The van der Waals surface area contributed by atoms with E-state index in [1.165, 1.54) is 89.9 Å². The van der Waals surface area contributed by atoms with Crippen LogP contribution >= 0.6 is 0 Å². The smallest absolute Gasteiger partial charge is 0.220 e. The number of carbonyl (C=O) groups is 1. The van der Waals surface area contributed by atoms with Crippen LogP contribution < -0.4 is 5.32 Å². The van der Waals surface area contributed by atoms with Gasteiger partial charge in [-0.3, -0.25) is 4.79 Å². The number of aliphatic hydroxyl groups excluding tert-OH is 5. The highest BCUT2D eigenvalue weighted by Crippen LogP contribution is 2.22. The lowest BCUT2D eigenvalue weighted by molar-refractivity contribution is -0.302. The van der Waals surface area contributed by atoms with Crippen molar-refractivity contribution in [2.45, 2.75) is 172 Å². The van der Waals surface area contributed by atoms with E-state index in [-0.39, 0.29) is 18.9 Å². The number of aliphatic hydroxyl groups is 5. The molecule has 0 aliphatic carbocycles. The Morgan fingerprint density at radius 3 is 1.80 bits per heavy atom. The summed E-state index contributed by atoms with van der Waals surface area (Å²) < 4.78 is 10.9. The van der Waals surface area contributed by atoms with E-state index >= 15 is 0 Å². The van der Waals surface area contributed by atoms with E-state index in [9.17, 15) is 30.3 Å². The van der Waals surface area contributed by atoms with Crippen molar-refractivity contribution in [1.29, 1.82) is 0 Å².